The van der Waals surface area contributed by atoms with Crippen molar-refractivity contribution in [1.82, 2.24) is 0 Å². The Kier molecular flexibility index (Phi) is 6.79. The van der Waals surface area contributed by atoms with Gasteiger partial charge in [0, 0.05) is 17.1 Å². The molecule has 3 aromatic carbocycles. The molecule has 0 unspecified atom stereocenters. The Bertz CT molecular complexity index is 606. The molecule has 0 radical (unpaired) electrons. The van der Waals surface area contributed by atoms with E-state index >= 15 is 0 Å². The summed E-state index contributed by atoms with van der Waals surface area (Å²) in [5, 5.41) is 5.25. The van der Waals surface area contributed by atoms with Crippen LogP contribution in [-0.4, -0.2) is 0 Å². The number of hydrogen-bond donors (Lipinski definition) is 0. The first-order chi connectivity index (χ1) is 9.35. The quantitative estimate of drug-likeness (QED) is 0.239. The number of allylic oxidation sites excluding steroid dienone is 3. The second-order valence-corrected chi connectivity index (χ2v) is 4.26. The fourth-order valence-electron chi connectivity index (χ4n) is 1.99. The van der Waals surface area contributed by atoms with Gasteiger partial charge in [0.05, 0.1) is 0 Å². The SMILES string of the molecule is [CH-]=CC=CC.[Fe].c1ccc2cc3ccccc3cc2c1. The average Bonchev–Trinajstić information content (AvgIpc) is 2.46. The zero-order valence-electron chi connectivity index (χ0n) is 11.4. The Labute approximate surface area is 131 Å². The van der Waals surface area contributed by atoms with E-state index in [9.17, 15) is 0 Å². The van der Waals surface area contributed by atoms with E-state index in [0.717, 1.165) is 0 Å². The molecule has 0 N–H and O–H groups in total. The van der Waals surface area contributed by atoms with Gasteiger partial charge >= 0.3 is 0 Å². The van der Waals surface area contributed by atoms with E-state index in [1.54, 1.807) is 6.08 Å². The summed E-state index contributed by atoms with van der Waals surface area (Å²) in [4.78, 5) is 0. The molecular formula is C19H17Fe-. The van der Waals surface area contributed by atoms with Crippen LogP contribution in [0.2, 0.25) is 0 Å². The maximum Gasteiger partial charge on any atom is 0 e. The summed E-state index contributed by atoms with van der Waals surface area (Å²) in [5.74, 6) is 0. The Hall–Kier alpha value is -1.82. The smallest absolute Gasteiger partial charge is 0 e. The fraction of sp³-hybridized carbons (Fsp3) is 0.0526. The molecule has 102 valence electrons. The third-order valence-electron chi connectivity index (χ3n) is 2.92. The minimum absolute atomic E-state index is 0. The van der Waals surface area contributed by atoms with Gasteiger partial charge in [-0.1, -0.05) is 55.5 Å². The predicted octanol–water partition coefficient (Wildman–Crippen LogP) is 5.54. The molecule has 0 heterocycles. The Morgan fingerprint density at radius 3 is 1.30 bits per heavy atom. The standard InChI is InChI=1S/C14H10.C5H7.Fe/c1-2-6-12-10-14-8-4-3-7-13(14)9-11(12)5-1;1-3-5-4-2;/h1-10H;1,3-5H,2H3;/q;-1;. The molecule has 1 heteroatoms. The average molecular weight is 301 g/mol. The number of fused-ring (bicyclic) bond motifs is 2. The molecule has 0 fully saturated rings. The van der Waals surface area contributed by atoms with E-state index in [1.807, 2.05) is 13.0 Å². The van der Waals surface area contributed by atoms with Crippen LogP contribution in [0.1, 0.15) is 6.92 Å². The summed E-state index contributed by atoms with van der Waals surface area (Å²) in [6, 6.07) is 21.4. The fourth-order valence-corrected chi connectivity index (χ4v) is 1.99. The summed E-state index contributed by atoms with van der Waals surface area (Å²) in [5.41, 5.74) is 0. The van der Waals surface area contributed by atoms with Crippen LogP contribution in [0.5, 0.6) is 0 Å². The van der Waals surface area contributed by atoms with Crippen LogP contribution in [0.15, 0.2) is 78.9 Å². The van der Waals surface area contributed by atoms with Crippen molar-refractivity contribution >= 4 is 21.5 Å². The Morgan fingerprint density at radius 1 is 0.750 bits per heavy atom. The number of hydrogen-bond acceptors (Lipinski definition) is 0. The van der Waals surface area contributed by atoms with Crippen molar-refractivity contribution in [2.75, 3.05) is 0 Å². The van der Waals surface area contributed by atoms with Crippen molar-refractivity contribution in [1.29, 1.82) is 0 Å². The largest absolute Gasteiger partial charge is 0.293 e. The second kappa shape index (κ2) is 8.37. The van der Waals surface area contributed by atoms with Crippen LogP contribution < -0.4 is 0 Å². The number of rotatable bonds is 1. The van der Waals surface area contributed by atoms with Gasteiger partial charge < -0.3 is 0 Å². The summed E-state index contributed by atoms with van der Waals surface area (Å²) in [7, 11) is 0. The Morgan fingerprint density at radius 2 is 1.10 bits per heavy atom. The van der Waals surface area contributed by atoms with E-state index in [2.05, 4.69) is 60.7 Å². The van der Waals surface area contributed by atoms with Crippen LogP contribution in [0.3, 0.4) is 0 Å². The molecule has 0 aliphatic carbocycles. The van der Waals surface area contributed by atoms with Crippen LogP contribution in [0.4, 0.5) is 0 Å². The van der Waals surface area contributed by atoms with E-state index in [0.29, 0.717) is 0 Å². The normalized spacial score (nSPS) is 9.85. The molecule has 3 rings (SSSR count). The van der Waals surface area contributed by atoms with Gasteiger partial charge in [-0.25, -0.2) is 12.2 Å². The molecule has 0 spiro atoms. The number of benzene rings is 3. The first kappa shape index (κ1) is 16.2. The van der Waals surface area contributed by atoms with E-state index in [1.165, 1.54) is 27.6 Å². The van der Waals surface area contributed by atoms with Gasteiger partial charge in [-0.05, 0) is 33.7 Å². The summed E-state index contributed by atoms with van der Waals surface area (Å²) < 4.78 is 0. The second-order valence-electron chi connectivity index (χ2n) is 4.26. The molecule has 0 amide bonds. The van der Waals surface area contributed by atoms with Gasteiger partial charge in [-0.15, -0.1) is 0 Å². The maximum absolute atomic E-state index is 4.93. The van der Waals surface area contributed by atoms with Gasteiger partial charge in [0.1, 0.15) is 0 Å². The molecule has 0 atom stereocenters. The van der Waals surface area contributed by atoms with Gasteiger partial charge in [-0.2, -0.15) is 6.08 Å². The maximum atomic E-state index is 4.93. The van der Waals surface area contributed by atoms with Crippen molar-refractivity contribution < 1.29 is 17.1 Å². The topological polar surface area (TPSA) is 0 Å². The minimum atomic E-state index is 0. The molecule has 0 nitrogen and oxygen atoms in total. The first-order valence-electron chi connectivity index (χ1n) is 6.39. The van der Waals surface area contributed by atoms with Gasteiger partial charge in [0.25, 0.3) is 0 Å². The first-order valence-corrected chi connectivity index (χ1v) is 6.39. The Balaban J connectivity index is 0.000000293. The van der Waals surface area contributed by atoms with Gasteiger partial charge in [-0.3, -0.25) is 6.58 Å². The molecule has 0 aromatic heterocycles. The van der Waals surface area contributed by atoms with Crippen LogP contribution >= 0.6 is 0 Å². The molecule has 0 bridgehead atoms. The zero-order chi connectivity index (χ0) is 13.5. The molecule has 20 heavy (non-hydrogen) atoms. The van der Waals surface area contributed by atoms with Gasteiger partial charge in [0.15, 0.2) is 0 Å². The molecule has 3 aromatic rings. The monoisotopic (exact) mass is 301 g/mol. The van der Waals surface area contributed by atoms with Gasteiger partial charge in [0.2, 0.25) is 0 Å². The zero-order valence-corrected chi connectivity index (χ0v) is 12.5. The minimum Gasteiger partial charge on any atom is -0.293 e. The molecule has 0 aliphatic heterocycles. The third kappa shape index (κ3) is 4.09. The molecular weight excluding hydrogens is 284 g/mol. The molecule has 0 saturated carbocycles. The summed E-state index contributed by atoms with van der Waals surface area (Å²) in [6.07, 6.45) is 5.15. The third-order valence-corrected chi connectivity index (χ3v) is 2.92. The van der Waals surface area contributed by atoms with Crippen molar-refractivity contribution in [3.63, 3.8) is 0 Å². The summed E-state index contributed by atoms with van der Waals surface area (Å²) in [6.45, 7) is 6.85. The molecule has 0 aliphatic rings. The van der Waals surface area contributed by atoms with E-state index in [4.69, 9.17) is 6.58 Å². The van der Waals surface area contributed by atoms with Crippen molar-refractivity contribution in [3.8, 4) is 0 Å². The molecule has 0 saturated heterocycles. The van der Waals surface area contributed by atoms with Crippen LogP contribution in [0.25, 0.3) is 21.5 Å². The van der Waals surface area contributed by atoms with Crippen LogP contribution in [-0.2, 0) is 17.1 Å². The summed E-state index contributed by atoms with van der Waals surface area (Å²) >= 11 is 0. The van der Waals surface area contributed by atoms with Crippen molar-refractivity contribution in [2.24, 2.45) is 0 Å². The van der Waals surface area contributed by atoms with E-state index in [-0.39, 0.29) is 17.1 Å². The van der Waals surface area contributed by atoms with Crippen molar-refractivity contribution in [3.05, 3.63) is 85.5 Å². The van der Waals surface area contributed by atoms with E-state index < -0.39 is 0 Å². The van der Waals surface area contributed by atoms with Crippen LogP contribution in [0, 0.1) is 6.58 Å². The van der Waals surface area contributed by atoms with Crippen molar-refractivity contribution in [2.45, 2.75) is 6.92 Å². The predicted molar refractivity (Wildman–Crippen MR) is 85.1 cm³/mol.